The molecule has 0 spiro atoms. The first-order chi connectivity index (χ1) is 2.00. The van der Waals surface area contributed by atoms with Gasteiger partial charge in [-0.05, 0) is 0 Å². The molecular formula is H6InO4RbS. The van der Waals surface area contributed by atoms with Crippen LogP contribution in [0.4, 0.5) is 0 Å². The summed E-state index contributed by atoms with van der Waals surface area (Å²) < 4.78 is 31.6. The molecule has 7 heteroatoms. The molecule has 0 saturated heterocycles. The van der Waals surface area contributed by atoms with Crippen LogP contribution >= 0.6 is 0 Å². The molecule has 0 fully saturated rings. The van der Waals surface area contributed by atoms with Gasteiger partial charge >= 0.3 is 94.4 Å². The molecule has 0 amide bonds. The molecule has 0 aliphatic rings. The van der Waals surface area contributed by atoms with Crippen LogP contribution in [0, 0.1) is 0 Å². The van der Waals surface area contributed by atoms with Crippen molar-refractivity contribution in [3.05, 3.63) is 0 Å². The van der Waals surface area contributed by atoms with Gasteiger partial charge in [-0.1, -0.05) is 0 Å². The molecule has 0 aromatic carbocycles. The Bertz CT molecular complexity index is 99.2. The molecule has 0 heterocycles. The zero-order valence-corrected chi connectivity index (χ0v) is 8.85. The van der Waals surface area contributed by atoms with Crippen molar-refractivity contribution < 1.29 is 77.1 Å². The minimum Gasteiger partial charge on any atom is 1.00 e. The maximum Gasteiger partial charge on any atom is 1.00 e. The van der Waals surface area contributed by atoms with E-state index in [4.69, 9.17) is 17.5 Å². The van der Waals surface area contributed by atoms with Crippen LogP contribution in [0.5, 0.6) is 0 Å². The Morgan fingerprint density at radius 2 is 1.29 bits per heavy atom. The number of hydrogen-bond donors (Lipinski definition) is 2. The van der Waals surface area contributed by atoms with Gasteiger partial charge in [0.25, 0.3) is 0 Å². The third-order valence-corrected chi connectivity index (χ3v) is 0. The van der Waals surface area contributed by atoms with Gasteiger partial charge in [0.2, 0.25) is 0 Å². The van der Waals surface area contributed by atoms with E-state index < -0.39 is 10.4 Å². The van der Waals surface area contributed by atoms with Crippen LogP contribution in [-0.4, -0.2) is 43.4 Å². The minimum atomic E-state index is -4.67. The maximum atomic E-state index is 8.74. The van der Waals surface area contributed by atoms with E-state index in [0.29, 0.717) is 0 Å². The van der Waals surface area contributed by atoms with E-state index in [9.17, 15) is 0 Å². The smallest absolute Gasteiger partial charge is 1.00 e. The van der Waals surface area contributed by atoms with Gasteiger partial charge in [0.05, 0.1) is 0 Å². The van der Waals surface area contributed by atoms with E-state index in [1.165, 1.54) is 0 Å². The average Bonchev–Trinajstić information content (AvgIpc) is 0.722. The molecular weight excluding hydrogens is 296 g/mol. The van der Waals surface area contributed by atoms with E-state index in [-0.39, 0.29) is 85.5 Å². The van der Waals surface area contributed by atoms with Gasteiger partial charge in [0.1, 0.15) is 0 Å². The Morgan fingerprint density at radius 1 is 1.29 bits per heavy atom. The standard InChI is InChI=1S/In.H2O4S.Rb.4H/c;1-5(2,3)4;;;;;/h;(H2,1,2,3,4);;;;;/q;;+1;;;;-1. The SMILES string of the molecule is O=S(=O)(O)O.[H-].[InH3].[Rb+]. The maximum absolute atomic E-state index is 8.74. The Hall–Kier alpha value is 2.55. The van der Waals surface area contributed by atoms with Crippen LogP contribution in [-0.2, 0) is 10.4 Å². The molecule has 0 aromatic rings. The molecule has 0 aromatic heterocycles. The number of rotatable bonds is 0. The van der Waals surface area contributed by atoms with Gasteiger partial charge in [0.15, 0.2) is 0 Å². The van der Waals surface area contributed by atoms with E-state index in [1.54, 1.807) is 0 Å². The fourth-order valence-corrected chi connectivity index (χ4v) is 0. The minimum absolute atomic E-state index is 0. The van der Waals surface area contributed by atoms with E-state index in [2.05, 4.69) is 0 Å². The summed E-state index contributed by atoms with van der Waals surface area (Å²) in [4.78, 5) is 0. The summed E-state index contributed by atoms with van der Waals surface area (Å²) in [5, 5.41) is 0. The molecule has 7 heavy (non-hydrogen) atoms. The molecule has 2 N–H and O–H groups in total. The second-order valence-electron chi connectivity index (χ2n) is 0.448. The zero-order valence-electron chi connectivity index (χ0n) is 4.12. The van der Waals surface area contributed by atoms with Gasteiger partial charge in [-0.2, -0.15) is 8.42 Å². The molecule has 0 bridgehead atoms. The van der Waals surface area contributed by atoms with Crippen LogP contribution in [0.15, 0.2) is 0 Å². The van der Waals surface area contributed by atoms with Crippen LogP contribution in [0.1, 0.15) is 1.43 Å². The van der Waals surface area contributed by atoms with Gasteiger partial charge in [-0.3, -0.25) is 9.11 Å². The van der Waals surface area contributed by atoms with E-state index in [1.807, 2.05) is 0 Å². The van der Waals surface area contributed by atoms with E-state index >= 15 is 0 Å². The molecule has 0 unspecified atom stereocenters. The van der Waals surface area contributed by atoms with Crippen molar-refractivity contribution >= 4 is 36.2 Å². The second-order valence-corrected chi connectivity index (χ2v) is 1.34. The van der Waals surface area contributed by atoms with Gasteiger partial charge < -0.3 is 1.43 Å². The van der Waals surface area contributed by atoms with Crippen molar-refractivity contribution in [2.75, 3.05) is 0 Å². The second kappa shape index (κ2) is 6.66. The Labute approximate surface area is 111 Å². The summed E-state index contributed by atoms with van der Waals surface area (Å²) in [6, 6.07) is 0. The molecule has 0 radical (unpaired) electrons. The van der Waals surface area contributed by atoms with Crippen LogP contribution in [0.3, 0.4) is 0 Å². The zero-order chi connectivity index (χ0) is 4.50. The number of hydrogen-bond acceptors (Lipinski definition) is 2. The summed E-state index contributed by atoms with van der Waals surface area (Å²) in [5.74, 6) is 0. The third-order valence-electron chi connectivity index (χ3n) is 0. The molecule has 4 nitrogen and oxygen atoms in total. The summed E-state index contributed by atoms with van der Waals surface area (Å²) >= 11 is 0. The van der Waals surface area contributed by atoms with Gasteiger partial charge in [0, 0.05) is 0 Å². The predicted molar refractivity (Wildman–Crippen MR) is 25.2 cm³/mol. The first-order valence-corrected chi connectivity index (χ1v) is 2.10. The van der Waals surface area contributed by atoms with Crippen LogP contribution in [0.2, 0.25) is 0 Å². The quantitative estimate of drug-likeness (QED) is 0.441. The monoisotopic (exact) mass is 302 g/mol. The fraction of sp³-hybridized carbons (Fsp3) is 0. The van der Waals surface area contributed by atoms with Crippen molar-refractivity contribution in [2.45, 2.75) is 0 Å². The van der Waals surface area contributed by atoms with Gasteiger partial charge in [-0.25, -0.2) is 0 Å². The van der Waals surface area contributed by atoms with Crippen molar-refractivity contribution in [2.24, 2.45) is 0 Å². The van der Waals surface area contributed by atoms with Crippen molar-refractivity contribution in [1.29, 1.82) is 0 Å². The van der Waals surface area contributed by atoms with Crippen molar-refractivity contribution in [1.82, 2.24) is 0 Å². The first-order valence-electron chi connectivity index (χ1n) is 0.698. The van der Waals surface area contributed by atoms with Gasteiger partial charge in [-0.15, -0.1) is 0 Å². The van der Waals surface area contributed by atoms with Crippen molar-refractivity contribution in [3.63, 3.8) is 0 Å². The summed E-state index contributed by atoms with van der Waals surface area (Å²) in [6.45, 7) is 0. The Balaban J connectivity index is -0.0000000267. The molecule has 0 aliphatic heterocycles. The summed E-state index contributed by atoms with van der Waals surface area (Å²) in [6.07, 6.45) is 0. The Kier molecular flexibility index (Phi) is 15.5. The molecule has 0 saturated carbocycles. The topological polar surface area (TPSA) is 74.6 Å². The first kappa shape index (κ1) is 16.3. The summed E-state index contributed by atoms with van der Waals surface area (Å²) in [7, 11) is -4.67. The van der Waals surface area contributed by atoms with Crippen molar-refractivity contribution in [3.8, 4) is 0 Å². The average molecular weight is 302 g/mol. The van der Waals surface area contributed by atoms with E-state index in [0.717, 1.165) is 0 Å². The Morgan fingerprint density at radius 3 is 1.29 bits per heavy atom. The molecule has 0 rings (SSSR count). The molecule has 0 aliphatic carbocycles. The summed E-state index contributed by atoms with van der Waals surface area (Å²) in [5.41, 5.74) is 0. The van der Waals surface area contributed by atoms with Crippen LogP contribution in [0.25, 0.3) is 0 Å². The normalized spacial score (nSPS) is 8.29. The predicted octanol–water partition coefficient (Wildman–Crippen LogP) is -4.72. The van der Waals surface area contributed by atoms with Crippen LogP contribution < -0.4 is 58.2 Å². The third kappa shape index (κ3) is 56.5. The fourth-order valence-electron chi connectivity index (χ4n) is 0. The largest absolute Gasteiger partial charge is 1.00 e. The molecule has 40 valence electrons. The molecule has 0 atom stereocenters.